The van der Waals surface area contributed by atoms with Crippen molar-refractivity contribution in [3.8, 4) is 0 Å². The first-order valence-corrected chi connectivity index (χ1v) is 8.58. The zero-order valence-corrected chi connectivity index (χ0v) is 14.0. The summed E-state index contributed by atoms with van der Waals surface area (Å²) in [4.78, 5) is 4.31. The molecule has 0 bridgehead atoms. The standard InChI is InChI=1S/C15H26N4OS/c1-16-14(17-10-13-4-7-19(2)11-13)18-12-15(21-3)5-8-20-9-6-15/h4,7,11H,5-6,8-10,12H2,1-3H3,(H2,16,17,18). The summed E-state index contributed by atoms with van der Waals surface area (Å²) in [5.41, 5.74) is 1.26. The van der Waals surface area contributed by atoms with Gasteiger partial charge in [-0.25, -0.2) is 0 Å². The van der Waals surface area contributed by atoms with Crippen LogP contribution in [-0.4, -0.2) is 48.3 Å². The maximum Gasteiger partial charge on any atom is 0.191 e. The van der Waals surface area contributed by atoms with E-state index >= 15 is 0 Å². The summed E-state index contributed by atoms with van der Waals surface area (Å²) in [6, 6.07) is 2.11. The number of rotatable bonds is 5. The summed E-state index contributed by atoms with van der Waals surface area (Å²) in [5, 5.41) is 6.83. The zero-order valence-electron chi connectivity index (χ0n) is 13.2. The Morgan fingerprint density at radius 3 is 2.76 bits per heavy atom. The number of aryl methyl sites for hydroxylation is 1. The monoisotopic (exact) mass is 310 g/mol. The number of aliphatic imine (C=N–C) groups is 1. The SMILES string of the molecule is CN=C(NCc1ccn(C)c1)NCC1(SC)CCOCC1. The minimum atomic E-state index is 0.266. The lowest BCUT2D eigenvalue weighted by Crippen LogP contribution is -2.47. The maximum absolute atomic E-state index is 5.48. The van der Waals surface area contributed by atoms with E-state index in [9.17, 15) is 0 Å². The van der Waals surface area contributed by atoms with Gasteiger partial charge in [-0.1, -0.05) is 0 Å². The van der Waals surface area contributed by atoms with Crippen LogP contribution >= 0.6 is 11.8 Å². The molecule has 2 rings (SSSR count). The van der Waals surface area contributed by atoms with Crippen molar-refractivity contribution in [3.63, 3.8) is 0 Å². The van der Waals surface area contributed by atoms with Crippen LogP contribution in [0.4, 0.5) is 0 Å². The molecule has 0 unspecified atom stereocenters. The number of ether oxygens (including phenoxy) is 1. The third-order valence-electron chi connectivity index (χ3n) is 3.99. The van der Waals surface area contributed by atoms with Gasteiger partial charge in [0.1, 0.15) is 0 Å². The Bertz CT molecular complexity index is 466. The van der Waals surface area contributed by atoms with Crippen molar-refractivity contribution in [1.29, 1.82) is 0 Å². The molecule has 118 valence electrons. The van der Waals surface area contributed by atoms with E-state index in [4.69, 9.17) is 4.74 Å². The molecule has 5 nitrogen and oxygen atoms in total. The normalized spacial score (nSPS) is 18.5. The molecule has 0 spiro atoms. The van der Waals surface area contributed by atoms with Gasteiger partial charge in [-0.3, -0.25) is 4.99 Å². The van der Waals surface area contributed by atoms with Gasteiger partial charge >= 0.3 is 0 Å². The van der Waals surface area contributed by atoms with E-state index in [2.05, 4.69) is 44.9 Å². The zero-order chi connectivity index (χ0) is 15.1. The fraction of sp³-hybridized carbons (Fsp3) is 0.667. The molecule has 0 aliphatic carbocycles. The second kappa shape index (κ2) is 7.75. The molecule has 0 aromatic carbocycles. The van der Waals surface area contributed by atoms with Crippen LogP contribution in [0, 0.1) is 0 Å². The summed E-state index contributed by atoms with van der Waals surface area (Å²) in [7, 11) is 3.85. The molecule has 2 heterocycles. The van der Waals surface area contributed by atoms with Crippen molar-refractivity contribution in [2.24, 2.45) is 12.0 Å². The smallest absolute Gasteiger partial charge is 0.191 e. The van der Waals surface area contributed by atoms with Crippen LogP contribution < -0.4 is 10.6 Å². The van der Waals surface area contributed by atoms with E-state index < -0.39 is 0 Å². The van der Waals surface area contributed by atoms with E-state index in [1.807, 2.05) is 25.9 Å². The Morgan fingerprint density at radius 1 is 1.43 bits per heavy atom. The molecule has 1 aliphatic rings. The maximum atomic E-state index is 5.48. The second-order valence-corrected chi connectivity index (χ2v) is 6.74. The number of thioether (sulfide) groups is 1. The fourth-order valence-electron chi connectivity index (χ4n) is 2.51. The van der Waals surface area contributed by atoms with Crippen molar-refractivity contribution < 1.29 is 4.74 Å². The number of nitrogens with one attached hydrogen (secondary N) is 2. The van der Waals surface area contributed by atoms with Gasteiger partial charge in [0, 0.05) is 57.5 Å². The van der Waals surface area contributed by atoms with Crippen LogP contribution in [0.15, 0.2) is 23.5 Å². The van der Waals surface area contributed by atoms with E-state index in [1.54, 1.807) is 0 Å². The van der Waals surface area contributed by atoms with Crippen LogP contribution in [0.25, 0.3) is 0 Å². The first-order chi connectivity index (χ1) is 10.2. The Morgan fingerprint density at radius 2 is 2.19 bits per heavy atom. The lowest BCUT2D eigenvalue weighted by Gasteiger charge is -2.36. The van der Waals surface area contributed by atoms with Gasteiger partial charge in [0.2, 0.25) is 0 Å². The predicted octanol–water partition coefficient (Wildman–Crippen LogP) is 1.60. The molecule has 6 heteroatoms. The van der Waals surface area contributed by atoms with Crippen molar-refractivity contribution in [2.75, 3.05) is 33.1 Å². The molecule has 1 aromatic rings. The summed E-state index contributed by atoms with van der Waals surface area (Å²) in [6.07, 6.45) is 8.54. The second-order valence-electron chi connectivity index (χ2n) is 5.46. The van der Waals surface area contributed by atoms with Gasteiger partial charge in [0.05, 0.1) is 0 Å². The van der Waals surface area contributed by atoms with E-state index in [-0.39, 0.29) is 4.75 Å². The first kappa shape index (κ1) is 16.2. The third-order valence-corrected chi connectivity index (χ3v) is 5.41. The number of guanidine groups is 1. The highest BCUT2D eigenvalue weighted by Gasteiger charge is 2.31. The van der Waals surface area contributed by atoms with Crippen LogP contribution in [0.5, 0.6) is 0 Å². The van der Waals surface area contributed by atoms with E-state index in [0.717, 1.165) is 45.1 Å². The van der Waals surface area contributed by atoms with Crippen molar-refractivity contribution in [1.82, 2.24) is 15.2 Å². The number of aromatic nitrogens is 1. The average molecular weight is 310 g/mol. The number of nitrogens with zero attached hydrogens (tertiary/aromatic N) is 2. The summed E-state index contributed by atoms with van der Waals surface area (Å²) in [6.45, 7) is 3.43. The van der Waals surface area contributed by atoms with Crippen LogP contribution in [0.1, 0.15) is 18.4 Å². The highest BCUT2D eigenvalue weighted by molar-refractivity contribution is 8.00. The number of hydrogen-bond donors (Lipinski definition) is 2. The van der Waals surface area contributed by atoms with Gasteiger partial charge in [0.25, 0.3) is 0 Å². The van der Waals surface area contributed by atoms with Gasteiger partial charge < -0.3 is 19.9 Å². The fourth-order valence-corrected chi connectivity index (χ4v) is 3.30. The molecular formula is C15H26N4OS. The van der Waals surface area contributed by atoms with Crippen LogP contribution in [0.2, 0.25) is 0 Å². The Kier molecular flexibility index (Phi) is 5.99. The largest absolute Gasteiger partial charge is 0.381 e. The molecule has 1 aromatic heterocycles. The minimum absolute atomic E-state index is 0.266. The van der Waals surface area contributed by atoms with Crippen molar-refractivity contribution in [2.45, 2.75) is 24.1 Å². The average Bonchev–Trinajstić information content (AvgIpc) is 2.94. The first-order valence-electron chi connectivity index (χ1n) is 7.36. The molecule has 0 atom stereocenters. The highest BCUT2D eigenvalue weighted by atomic mass is 32.2. The summed E-state index contributed by atoms with van der Waals surface area (Å²) >= 11 is 1.93. The molecule has 1 fully saturated rings. The van der Waals surface area contributed by atoms with Gasteiger partial charge in [0.15, 0.2) is 5.96 Å². The third kappa shape index (κ3) is 4.68. The van der Waals surface area contributed by atoms with Gasteiger partial charge in [-0.2, -0.15) is 11.8 Å². The molecule has 1 aliphatic heterocycles. The summed E-state index contributed by atoms with van der Waals surface area (Å²) < 4.78 is 7.80. The molecule has 2 N–H and O–H groups in total. The van der Waals surface area contributed by atoms with E-state index in [1.165, 1.54) is 5.56 Å². The Hall–Kier alpha value is -1.14. The van der Waals surface area contributed by atoms with Crippen LogP contribution in [-0.2, 0) is 18.3 Å². The molecule has 1 saturated heterocycles. The van der Waals surface area contributed by atoms with Gasteiger partial charge in [-0.05, 0) is 30.7 Å². The van der Waals surface area contributed by atoms with Crippen molar-refractivity contribution in [3.05, 3.63) is 24.0 Å². The van der Waals surface area contributed by atoms with E-state index in [0.29, 0.717) is 0 Å². The lowest BCUT2D eigenvalue weighted by atomic mass is 9.99. The summed E-state index contributed by atoms with van der Waals surface area (Å²) in [5.74, 6) is 0.860. The van der Waals surface area contributed by atoms with Crippen LogP contribution in [0.3, 0.4) is 0 Å². The molecule has 0 saturated carbocycles. The molecular weight excluding hydrogens is 284 g/mol. The number of hydrogen-bond acceptors (Lipinski definition) is 3. The molecule has 21 heavy (non-hydrogen) atoms. The Balaban J connectivity index is 1.81. The topological polar surface area (TPSA) is 50.6 Å². The highest BCUT2D eigenvalue weighted by Crippen LogP contribution is 2.32. The minimum Gasteiger partial charge on any atom is -0.381 e. The molecule has 0 radical (unpaired) electrons. The quantitative estimate of drug-likeness (QED) is 0.641. The molecule has 0 amide bonds. The van der Waals surface area contributed by atoms with Gasteiger partial charge in [-0.15, -0.1) is 0 Å². The predicted molar refractivity (Wildman–Crippen MR) is 89.9 cm³/mol. The lowest BCUT2D eigenvalue weighted by molar-refractivity contribution is 0.0783. The Labute approximate surface area is 131 Å². The van der Waals surface area contributed by atoms with Crippen molar-refractivity contribution >= 4 is 17.7 Å².